The third kappa shape index (κ3) is 67.6. The molecule has 0 aliphatic carbocycles. The van der Waals surface area contributed by atoms with Crippen LogP contribution in [0.25, 0.3) is 0 Å². The number of rotatable bonds is 67. The molecule has 0 aromatic rings. The predicted molar refractivity (Wildman–Crippen MR) is 364 cm³/mol. The molecule has 0 fully saturated rings. The number of phosphoric ester groups is 1. The van der Waals surface area contributed by atoms with Gasteiger partial charge >= 0.3 is 7.82 Å². The van der Waals surface area contributed by atoms with E-state index in [9.17, 15) is 19.4 Å². The summed E-state index contributed by atoms with van der Waals surface area (Å²) in [4.78, 5) is 23.4. The molecule has 0 aromatic heterocycles. The van der Waals surface area contributed by atoms with Gasteiger partial charge in [-0.05, 0) is 57.8 Å². The second-order valence-corrected chi connectivity index (χ2v) is 27.4. The summed E-state index contributed by atoms with van der Waals surface area (Å²) in [6.07, 6.45) is 89.5. The standard InChI is InChI=1S/C74H141N2O6P/c1-6-8-10-12-14-16-18-20-22-24-26-28-30-32-33-34-35-36-37-38-39-40-41-42-43-44-46-48-50-52-54-56-58-60-62-64-66-68-74(78)75-72(71-82-83(79,80)81-70-69-76(3,4)5)73(77)67-65-63-61-59-57-55-53-51-49-47-45-31-29-27-25-23-21-19-17-15-13-11-9-7-2/h8,10,14,16,20,22,26,28,65,67,72-73,77H,6-7,9,11-13,15,17-19,21,23-25,27,29-64,66,68-71H2,1-5H3,(H-,75,78,79,80)/p+1/b10-8-,16-14-,22-20-,28-26-,67-65+. The molecule has 0 saturated carbocycles. The number of hydrogen-bond donors (Lipinski definition) is 3. The molecule has 8 nitrogen and oxygen atoms in total. The highest BCUT2D eigenvalue weighted by atomic mass is 31.2. The fourth-order valence-electron chi connectivity index (χ4n) is 10.9. The van der Waals surface area contributed by atoms with E-state index < -0.39 is 20.0 Å². The smallest absolute Gasteiger partial charge is 0.387 e. The minimum atomic E-state index is -4.35. The van der Waals surface area contributed by atoms with Gasteiger partial charge in [0.2, 0.25) is 5.91 Å². The van der Waals surface area contributed by atoms with Crippen LogP contribution in [-0.4, -0.2) is 73.4 Å². The largest absolute Gasteiger partial charge is 0.472 e. The van der Waals surface area contributed by atoms with E-state index in [2.05, 4.69) is 67.8 Å². The minimum Gasteiger partial charge on any atom is -0.387 e. The number of nitrogens with zero attached hydrogens (tertiary/aromatic N) is 1. The Labute approximate surface area is 517 Å². The van der Waals surface area contributed by atoms with E-state index in [1.165, 1.54) is 270 Å². The van der Waals surface area contributed by atoms with Crippen molar-refractivity contribution in [1.29, 1.82) is 0 Å². The lowest BCUT2D eigenvalue weighted by atomic mass is 10.0. The van der Waals surface area contributed by atoms with E-state index in [0.717, 1.165) is 64.2 Å². The molecule has 83 heavy (non-hydrogen) atoms. The zero-order chi connectivity index (χ0) is 60.5. The van der Waals surface area contributed by atoms with Crippen LogP contribution in [0.1, 0.15) is 354 Å². The topological polar surface area (TPSA) is 105 Å². The van der Waals surface area contributed by atoms with E-state index in [4.69, 9.17) is 9.05 Å². The number of aliphatic hydroxyl groups excluding tert-OH is 1. The molecule has 3 unspecified atom stereocenters. The predicted octanol–water partition coefficient (Wildman–Crippen LogP) is 23.2. The molecule has 488 valence electrons. The van der Waals surface area contributed by atoms with E-state index in [-0.39, 0.29) is 19.1 Å². The lowest BCUT2D eigenvalue weighted by Gasteiger charge is -2.25. The number of phosphoric acid groups is 1. The second kappa shape index (κ2) is 64.7. The van der Waals surface area contributed by atoms with Crippen molar-refractivity contribution in [1.82, 2.24) is 5.32 Å². The van der Waals surface area contributed by atoms with Gasteiger partial charge in [-0.15, -0.1) is 0 Å². The zero-order valence-corrected chi connectivity index (χ0v) is 56.8. The Balaban J connectivity index is 3.98. The molecule has 0 radical (unpaired) electrons. The summed E-state index contributed by atoms with van der Waals surface area (Å²) in [6.45, 7) is 4.76. The van der Waals surface area contributed by atoms with Crippen molar-refractivity contribution < 1.29 is 32.9 Å². The molecule has 0 aliphatic heterocycles. The van der Waals surface area contributed by atoms with Crippen LogP contribution in [-0.2, 0) is 18.4 Å². The Morgan fingerprint density at radius 3 is 1.06 bits per heavy atom. The van der Waals surface area contributed by atoms with Gasteiger partial charge in [-0.1, -0.05) is 351 Å². The molecular formula is C74H142N2O6P+. The number of quaternary nitrogens is 1. The molecule has 0 aliphatic rings. The zero-order valence-electron chi connectivity index (χ0n) is 55.9. The molecule has 0 spiro atoms. The lowest BCUT2D eigenvalue weighted by molar-refractivity contribution is -0.870. The number of hydrogen-bond acceptors (Lipinski definition) is 5. The van der Waals surface area contributed by atoms with Crippen LogP contribution in [0, 0.1) is 0 Å². The average molecular weight is 1190 g/mol. The van der Waals surface area contributed by atoms with E-state index in [1.54, 1.807) is 6.08 Å². The van der Waals surface area contributed by atoms with E-state index in [0.29, 0.717) is 17.4 Å². The lowest BCUT2D eigenvalue weighted by Crippen LogP contribution is -2.45. The maximum atomic E-state index is 13.1. The fourth-order valence-corrected chi connectivity index (χ4v) is 11.7. The van der Waals surface area contributed by atoms with Gasteiger partial charge in [0.05, 0.1) is 39.9 Å². The fraction of sp³-hybridized carbons (Fsp3) is 0.851. The van der Waals surface area contributed by atoms with Crippen LogP contribution in [0.5, 0.6) is 0 Å². The summed E-state index contributed by atoms with van der Waals surface area (Å²) in [5.41, 5.74) is 0. The van der Waals surface area contributed by atoms with Crippen LogP contribution in [0.3, 0.4) is 0 Å². The van der Waals surface area contributed by atoms with Crippen molar-refractivity contribution >= 4 is 13.7 Å². The monoisotopic (exact) mass is 1190 g/mol. The number of nitrogens with one attached hydrogen (secondary N) is 1. The minimum absolute atomic E-state index is 0.0630. The Hall–Kier alpha value is -1.80. The first-order chi connectivity index (χ1) is 40.5. The number of aliphatic hydroxyl groups is 1. The first kappa shape index (κ1) is 81.2. The SMILES string of the molecule is CC/C=C\C/C=C\C/C=C\C/C=C\CCCCCCCCCCCCCCCCCCCCCCCCCCC(=O)NC(COP(=O)(O)OCC[N+](C)(C)C)C(O)/C=C/CCCCCCCCCCCCCCCCCCCCCCCC. The maximum Gasteiger partial charge on any atom is 0.472 e. The number of allylic oxidation sites excluding steroid dienone is 9. The molecule has 0 saturated heterocycles. The van der Waals surface area contributed by atoms with Crippen molar-refractivity contribution in [3.8, 4) is 0 Å². The van der Waals surface area contributed by atoms with Crippen molar-refractivity contribution in [2.24, 2.45) is 0 Å². The molecular weight excluding hydrogens is 1040 g/mol. The highest BCUT2D eigenvalue weighted by Gasteiger charge is 2.28. The van der Waals surface area contributed by atoms with Gasteiger partial charge in [-0.25, -0.2) is 4.57 Å². The second-order valence-electron chi connectivity index (χ2n) is 25.9. The van der Waals surface area contributed by atoms with Gasteiger partial charge in [-0.2, -0.15) is 0 Å². The summed E-state index contributed by atoms with van der Waals surface area (Å²) in [7, 11) is 1.59. The molecule has 3 atom stereocenters. The maximum absolute atomic E-state index is 13.1. The average Bonchev–Trinajstić information content (AvgIpc) is 3.50. The Kier molecular flexibility index (Phi) is 63.3. The summed E-state index contributed by atoms with van der Waals surface area (Å²) in [5, 5.41) is 14.0. The van der Waals surface area contributed by atoms with Crippen LogP contribution in [0.2, 0.25) is 0 Å². The van der Waals surface area contributed by atoms with Crippen LogP contribution in [0.4, 0.5) is 0 Å². The van der Waals surface area contributed by atoms with Gasteiger partial charge in [0.1, 0.15) is 13.2 Å². The van der Waals surface area contributed by atoms with Crippen LogP contribution >= 0.6 is 7.82 Å². The number of likely N-dealkylation sites (N-methyl/N-ethyl adjacent to an activating group) is 1. The number of carbonyl (C=O) groups is 1. The highest BCUT2D eigenvalue weighted by Crippen LogP contribution is 2.43. The van der Waals surface area contributed by atoms with Crippen molar-refractivity contribution in [3.63, 3.8) is 0 Å². The quantitative estimate of drug-likeness (QED) is 0.0243. The summed E-state index contributed by atoms with van der Waals surface area (Å²) < 4.78 is 23.8. The summed E-state index contributed by atoms with van der Waals surface area (Å²) in [5.74, 6) is -0.170. The molecule has 0 rings (SSSR count). The first-order valence-electron chi connectivity index (χ1n) is 36.2. The van der Waals surface area contributed by atoms with E-state index >= 15 is 0 Å². The summed E-state index contributed by atoms with van der Waals surface area (Å²) in [6, 6.07) is -0.847. The van der Waals surface area contributed by atoms with Gasteiger partial charge < -0.3 is 19.8 Å². The van der Waals surface area contributed by atoms with Gasteiger partial charge in [0.15, 0.2) is 0 Å². The van der Waals surface area contributed by atoms with Gasteiger partial charge in [-0.3, -0.25) is 13.8 Å². The third-order valence-corrected chi connectivity index (χ3v) is 17.5. The number of amides is 1. The number of carbonyl (C=O) groups excluding carboxylic acids is 1. The first-order valence-corrected chi connectivity index (χ1v) is 37.7. The normalized spacial score (nSPS) is 14.0. The molecule has 1 amide bonds. The molecule has 0 heterocycles. The van der Waals surface area contributed by atoms with Crippen molar-refractivity contribution in [3.05, 3.63) is 60.8 Å². The van der Waals surface area contributed by atoms with Crippen LogP contribution < -0.4 is 5.32 Å². The Bertz CT molecular complexity index is 1540. The van der Waals surface area contributed by atoms with Crippen LogP contribution in [0.15, 0.2) is 60.8 Å². The Morgan fingerprint density at radius 1 is 0.422 bits per heavy atom. The van der Waals surface area contributed by atoms with Gasteiger partial charge in [0, 0.05) is 6.42 Å². The van der Waals surface area contributed by atoms with Crippen molar-refractivity contribution in [2.75, 3.05) is 40.9 Å². The van der Waals surface area contributed by atoms with Gasteiger partial charge in [0.25, 0.3) is 0 Å². The van der Waals surface area contributed by atoms with E-state index in [1.807, 2.05) is 27.2 Å². The summed E-state index contributed by atoms with van der Waals surface area (Å²) >= 11 is 0. The molecule has 3 N–H and O–H groups in total. The molecule has 0 aromatic carbocycles. The molecule has 0 bridgehead atoms. The third-order valence-electron chi connectivity index (χ3n) is 16.5. The van der Waals surface area contributed by atoms with Crippen molar-refractivity contribution in [2.45, 2.75) is 366 Å². The number of unbranched alkanes of at least 4 members (excludes halogenated alkanes) is 46. The highest BCUT2D eigenvalue weighted by molar-refractivity contribution is 7.47. The molecule has 9 heteroatoms. The Morgan fingerprint density at radius 2 is 0.723 bits per heavy atom.